The standard InChI is InChI=1S/C31H36F3N7O4/c1-4-20-18-40(30(43)22-8-11-25(44-3)39-27(22)31(32,33)34)15-16-41(20)24-10-9-23(21-7-6-13-36-29(21)45-5-2)38-26(24)28(42)37-19-12-14-35-17-19/h6-11,13,19-20,35H,4-5,12,14-18H2,1-3H3,(H,37,42)/t19-,20-/m1/s1. The maximum absolute atomic E-state index is 13.8. The van der Waals surface area contributed by atoms with Crippen LogP contribution in [0.3, 0.4) is 0 Å². The van der Waals surface area contributed by atoms with Crippen molar-refractivity contribution in [3.8, 4) is 23.0 Å². The van der Waals surface area contributed by atoms with Crippen molar-refractivity contribution < 1.29 is 32.2 Å². The predicted molar refractivity (Wildman–Crippen MR) is 160 cm³/mol. The molecule has 0 bridgehead atoms. The maximum Gasteiger partial charge on any atom is 0.434 e. The number of nitrogens with one attached hydrogen (secondary N) is 2. The minimum absolute atomic E-state index is 0.0504. The van der Waals surface area contributed by atoms with Crippen molar-refractivity contribution in [1.82, 2.24) is 30.5 Å². The van der Waals surface area contributed by atoms with Gasteiger partial charge in [-0.3, -0.25) is 9.59 Å². The number of hydrogen-bond acceptors (Lipinski definition) is 9. The Balaban J connectivity index is 1.46. The molecule has 2 saturated heterocycles. The minimum atomic E-state index is -4.84. The van der Waals surface area contributed by atoms with E-state index in [0.717, 1.165) is 19.0 Å². The van der Waals surface area contributed by atoms with Crippen LogP contribution in [0, 0.1) is 0 Å². The first-order chi connectivity index (χ1) is 21.6. The fraction of sp³-hybridized carbons (Fsp3) is 0.452. The van der Waals surface area contributed by atoms with Crippen molar-refractivity contribution in [3.05, 3.63) is 59.5 Å². The summed E-state index contributed by atoms with van der Waals surface area (Å²) >= 11 is 0. The Labute approximate surface area is 259 Å². The van der Waals surface area contributed by atoms with E-state index in [9.17, 15) is 22.8 Å². The summed E-state index contributed by atoms with van der Waals surface area (Å²) in [6, 6.07) is 9.20. The Morgan fingerprint density at radius 1 is 1.11 bits per heavy atom. The van der Waals surface area contributed by atoms with Crippen molar-refractivity contribution in [2.24, 2.45) is 0 Å². The molecule has 2 aliphatic heterocycles. The zero-order valence-corrected chi connectivity index (χ0v) is 25.4. The largest absolute Gasteiger partial charge is 0.481 e. The quantitative estimate of drug-likeness (QED) is 0.365. The normalized spacial score (nSPS) is 18.5. The number of amides is 2. The summed E-state index contributed by atoms with van der Waals surface area (Å²) in [5.74, 6) is -0.938. The van der Waals surface area contributed by atoms with E-state index in [-0.39, 0.29) is 49.2 Å². The van der Waals surface area contributed by atoms with Gasteiger partial charge in [0.05, 0.1) is 36.2 Å². The van der Waals surface area contributed by atoms with Crippen molar-refractivity contribution >= 4 is 17.5 Å². The average Bonchev–Trinajstić information content (AvgIpc) is 3.56. The number of piperazine rings is 1. The number of nitrogens with zero attached hydrogens (tertiary/aromatic N) is 5. The van der Waals surface area contributed by atoms with Crippen LogP contribution in [0.5, 0.6) is 11.8 Å². The number of carbonyl (C=O) groups excluding carboxylic acids is 2. The molecule has 0 aliphatic carbocycles. The van der Waals surface area contributed by atoms with Gasteiger partial charge in [0.15, 0.2) is 11.4 Å². The lowest BCUT2D eigenvalue weighted by Crippen LogP contribution is -2.55. The van der Waals surface area contributed by atoms with Crippen LogP contribution in [0.4, 0.5) is 18.9 Å². The predicted octanol–water partition coefficient (Wildman–Crippen LogP) is 3.80. The molecule has 2 N–H and O–H groups in total. The third-order valence-electron chi connectivity index (χ3n) is 7.94. The molecule has 5 rings (SSSR count). The first-order valence-corrected chi connectivity index (χ1v) is 14.9. The number of ether oxygens (including phenoxy) is 2. The van der Waals surface area contributed by atoms with Gasteiger partial charge in [0.1, 0.15) is 0 Å². The van der Waals surface area contributed by atoms with Gasteiger partial charge in [-0.25, -0.2) is 15.0 Å². The Morgan fingerprint density at radius 3 is 2.62 bits per heavy atom. The number of rotatable bonds is 9. The third-order valence-corrected chi connectivity index (χ3v) is 7.94. The highest BCUT2D eigenvalue weighted by atomic mass is 19.4. The molecule has 0 saturated carbocycles. The Kier molecular flexibility index (Phi) is 9.71. The van der Waals surface area contributed by atoms with Gasteiger partial charge in [-0.05, 0) is 56.6 Å². The van der Waals surface area contributed by atoms with E-state index < -0.39 is 23.3 Å². The molecule has 45 heavy (non-hydrogen) atoms. The van der Waals surface area contributed by atoms with Gasteiger partial charge in [0.2, 0.25) is 11.8 Å². The zero-order chi connectivity index (χ0) is 32.1. The van der Waals surface area contributed by atoms with Gasteiger partial charge in [0.25, 0.3) is 11.8 Å². The zero-order valence-electron chi connectivity index (χ0n) is 25.4. The van der Waals surface area contributed by atoms with E-state index in [1.54, 1.807) is 18.3 Å². The number of halogens is 3. The van der Waals surface area contributed by atoms with E-state index in [4.69, 9.17) is 14.5 Å². The summed E-state index contributed by atoms with van der Waals surface area (Å²) in [7, 11) is 1.21. The topological polar surface area (TPSA) is 122 Å². The van der Waals surface area contributed by atoms with Crippen LogP contribution in [0.25, 0.3) is 11.3 Å². The fourth-order valence-electron chi connectivity index (χ4n) is 5.69. The molecule has 2 aliphatic rings. The lowest BCUT2D eigenvalue weighted by Gasteiger charge is -2.43. The van der Waals surface area contributed by atoms with E-state index >= 15 is 0 Å². The second-order valence-electron chi connectivity index (χ2n) is 10.8. The Morgan fingerprint density at radius 2 is 1.93 bits per heavy atom. The maximum atomic E-state index is 13.8. The molecular formula is C31H36F3N7O4. The van der Waals surface area contributed by atoms with Crippen LogP contribution >= 0.6 is 0 Å². The van der Waals surface area contributed by atoms with Crippen LogP contribution in [0.2, 0.25) is 0 Å². The van der Waals surface area contributed by atoms with Gasteiger partial charge >= 0.3 is 6.18 Å². The van der Waals surface area contributed by atoms with Crippen LogP contribution in [-0.2, 0) is 6.18 Å². The van der Waals surface area contributed by atoms with Crippen molar-refractivity contribution in [3.63, 3.8) is 0 Å². The van der Waals surface area contributed by atoms with Gasteiger partial charge in [-0.1, -0.05) is 6.92 Å². The molecule has 0 unspecified atom stereocenters. The second kappa shape index (κ2) is 13.7. The van der Waals surface area contributed by atoms with Crippen LogP contribution < -0.4 is 25.0 Å². The number of methoxy groups -OCH3 is 1. The molecule has 5 heterocycles. The van der Waals surface area contributed by atoms with Crippen LogP contribution in [0.1, 0.15) is 53.2 Å². The summed E-state index contributed by atoms with van der Waals surface area (Å²) in [6.07, 6.45) is -1.87. The van der Waals surface area contributed by atoms with Crippen molar-refractivity contribution in [2.75, 3.05) is 51.3 Å². The van der Waals surface area contributed by atoms with Gasteiger partial charge in [-0.2, -0.15) is 13.2 Å². The second-order valence-corrected chi connectivity index (χ2v) is 10.8. The smallest absolute Gasteiger partial charge is 0.434 e. The number of pyridine rings is 3. The number of aromatic nitrogens is 3. The molecule has 0 spiro atoms. The first-order valence-electron chi connectivity index (χ1n) is 14.9. The molecule has 3 aromatic heterocycles. The molecule has 2 amide bonds. The molecule has 11 nitrogen and oxygen atoms in total. The van der Waals surface area contributed by atoms with Gasteiger partial charge in [-0.15, -0.1) is 0 Å². The molecule has 0 aromatic carbocycles. The summed E-state index contributed by atoms with van der Waals surface area (Å²) in [5, 5.41) is 6.32. The average molecular weight is 628 g/mol. The monoisotopic (exact) mass is 627 g/mol. The number of anilines is 1. The molecule has 2 fully saturated rings. The summed E-state index contributed by atoms with van der Waals surface area (Å²) in [6.45, 7) is 6.19. The van der Waals surface area contributed by atoms with Crippen molar-refractivity contribution in [1.29, 1.82) is 0 Å². The van der Waals surface area contributed by atoms with Gasteiger partial charge in [0, 0.05) is 50.5 Å². The van der Waals surface area contributed by atoms with Crippen molar-refractivity contribution in [2.45, 2.75) is 44.9 Å². The number of hydrogen-bond donors (Lipinski definition) is 2. The molecule has 240 valence electrons. The third kappa shape index (κ3) is 6.95. The SMILES string of the molecule is CCOc1ncccc1-c1ccc(N2CCN(C(=O)c3ccc(OC)nc3C(F)(F)F)C[C@H]2CC)c(C(=O)N[C@@H]2CCNC2)n1. The molecule has 3 aromatic rings. The summed E-state index contributed by atoms with van der Waals surface area (Å²) in [4.78, 5) is 43.2. The van der Waals surface area contributed by atoms with E-state index in [2.05, 4.69) is 20.6 Å². The highest BCUT2D eigenvalue weighted by Crippen LogP contribution is 2.35. The van der Waals surface area contributed by atoms with E-state index in [1.807, 2.05) is 30.9 Å². The molecule has 0 radical (unpaired) electrons. The lowest BCUT2D eigenvalue weighted by molar-refractivity contribution is -0.141. The molecular weight excluding hydrogens is 591 g/mol. The first kappa shape index (κ1) is 31.9. The highest BCUT2D eigenvalue weighted by Gasteiger charge is 2.40. The van der Waals surface area contributed by atoms with E-state index in [0.29, 0.717) is 42.4 Å². The highest BCUT2D eigenvalue weighted by molar-refractivity contribution is 5.99. The Bertz CT molecular complexity index is 1530. The summed E-state index contributed by atoms with van der Waals surface area (Å²) in [5.41, 5.74) is 0.110. The minimum Gasteiger partial charge on any atom is -0.481 e. The van der Waals surface area contributed by atoms with Gasteiger partial charge < -0.3 is 29.9 Å². The number of carbonyl (C=O) groups is 2. The van der Waals surface area contributed by atoms with E-state index in [1.165, 1.54) is 18.1 Å². The van der Waals surface area contributed by atoms with Crippen LogP contribution in [0.15, 0.2) is 42.6 Å². The summed E-state index contributed by atoms with van der Waals surface area (Å²) < 4.78 is 52.1. The lowest BCUT2D eigenvalue weighted by atomic mass is 10.0. The molecule has 2 atom stereocenters. The van der Waals surface area contributed by atoms with Crippen LogP contribution in [-0.4, -0.2) is 90.2 Å². The Hall–Kier alpha value is -4.46. The number of alkyl halides is 3. The fourth-order valence-corrected chi connectivity index (χ4v) is 5.69. The molecule has 14 heteroatoms.